The van der Waals surface area contributed by atoms with Gasteiger partial charge in [-0.05, 0) is 36.4 Å². The highest BCUT2D eigenvalue weighted by Crippen LogP contribution is 2.27. The molecular weight excluding hydrogens is 340 g/mol. The fraction of sp³-hybridized carbons (Fsp3) is 0.444. The average molecular weight is 365 g/mol. The molecule has 0 aliphatic heterocycles. The first-order chi connectivity index (χ1) is 11.5. The van der Waals surface area contributed by atoms with Crippen molar-refractivity contribution in [2.75, 3.05) is 19.6 Å². The van der Waals surface area contributed by atoms with Gasteiger partial charge in [0.25, 0.3) is 0 Å². The van der Waals surface area contributed by atoms with Crippen LogP contribution < -0.4 is 10.6 Å². The number of nitrogens with one attached hydrogen (secondary N) is 2. The number of rotatable bonds is 7. The van der Waals surface area contributed by atoms with E-state index in [1.165, 1.54) is 4.88 Å². The lowest BCUT2D eigenvalue weighted by atomic mass is 9.92. The highest BCUT2D eigenvalue weighted by molar-refractivity contribution is 7.10. The Hall–Kier alpha value is -1.59. The molecule has 0 aliphatic rings. The molecule has 2 heterocycles. The number of thiophene rings is 1. The van der Waals surface area contributed by atoms with Crippen molar-refractivity contribution in [3.05, 3.63) is 51.4 Å². The molecule has 130 valence electrons. The van der Waals surface area contributed by atoms with Gasteiger partial charge in [0.1, 0.15) is 5.15 Å². The molecule has 6 heteroatoms. The monoisotopic (exact) mass is 364 g/mol. The minimum atomic E-state index is 0.0383. The number of hydrogen-bond donors (Lipinski definition) is 2. The normalized spacial score (nSPS) is 12.2. The molecule has 2 aromatic rings. The Bertz CT molecular complexity index is 636. The second kappa shape index (κ2) is 9.04. The third kappa shape index (κ3) is 5.80. The molecule has 0 atom stereocenters. The van der Waals surface area contributed by atoms with E-state index >= 15 is 0 Å². The van der Waals surface area contributed by atoms with Crippen molar-refractivity contribution < 1.29 is 0 Å². The number of halogens is 1. The quantitative estimate of drug-likeness (QED) is 0.445. The van der Waals surface area contributed by atoms with E-state index in [0.717, 1.165) is 37.6 Å². The lowest BCUT2D eigenvalue weighted by Crippen LogP contribution is -2.39. The van der Waals surface area contributed by atoms with Gasteiger partial charge >= 0.3 is 0 Å². The topological polar surface area (TPSA) is 49.3 Å². The Morgan fingerprint density at radius 3 is 2.75 bits per heavy atom. The van der Waals surface area contributed by atoms with Crippen LogP contribution in [0.4, 0.5) is 0 Å². The van der Waals surface area contributed by atoms with Crippen LogP contribution in [-0.2, 0) is 11.8 Å². The number of guanidine groups is 1. The highest BCUT2D eigenvalue weighted by Gasteiger charge is 2.21. The van der Waals surface area contributed by atoms with E-state index in [1.54, 1.807) is 11.3 Å². The Balaban J connectivity index is 1.89. The summed E-state index contributed by atoms with van der Waals surface area (Å²) in [5.74, 6) is 0.851. The van der Waals surface area contributed by atoms with E-state index in [0.29, 0.717) is 5.15 Å². The molecule has 0 unspecified atom stereocenters. The molecule has 0 aromatic carbocycles. The van der Waals surface area contributed by atoms with E-state index in [4.69, 9.17) is 16.6 Å². The zero-order valence-corrected chi connectivity index (χ0v) is 16.0. The van der Waals surface area contributed by atoms with Gasteiger partial charge in [0, 0.05) is 29.6 Å². The van der Waals surface area contributed by atoms with Crippen LogP contribution in [0.15, 0.2) is 40.8 Å². The Labute approximate surface area is 153 Å². The van der Waals surface area contributed by atoms with Crippen molar-refractivity contribution >= 4 is 28.9 Å². The summed E-state index contributed by atoms with van der Waals surface area (Å²) in [6, 6.07) is 8.09. The predicted octanol–water partition coefficient (Wildman–Crippen LogP) is 3.87. The summed E-state index contributed by atoms with van der Waals surface area (Å²) in [6.45, 7) is 8.91. The van der Waals surface area contributed by atoms with Crippen LogP contribution in [0.25, 0.3) is 0 Å². The maximum absolute atomic E-state index is 5.81. The standard InChI is InChI=1S/C18H25ClN4S/c1-4-20-17(21-10-9-14-7-8-16(19)22-12-14)23-13-18(2,3)15-6-5-11-24-15/h5-8,11-12H,4,9-10,13H2,1-3H3,(H2,20,21,23). The minimum Gasteiger partial charge on any atom is -0.357 e. The number of aliphatic imine (C=N–C) groups is 1. The molecule has 0 fully saturated rings. The zero-order chi connectivity index (χ0) is 17.4. The van der Waals surface area contributed by atoms with Crippen LogP contribution in [0.3, 0.4) is 0 Å². The molecule has 0 saturated carbocycles. The molecule has 0 amide bonds. The number of pyridine rings is 1. The number of hydrogen-bond acceptors (Lipinski definition) is 3. The second-order valence-corrected chi connectivity index (χ2v) is 7.56. The molecule has 0 radical (unpaired) electrons. The summed E-state index contributed by atoms with van der Waals surface area (Å²) in [5, 5.41) is 9.33. The summed E-state index contributed by atoms with van der Waals surface area (Å²) >= 11 is 7.59. The molecule has 2 aromatic heterocycles. The third-order valence-electron chi connectivity index (χ3n) is 3.66. The van der Waals surface area contributed by atoms with Gasteiger partial charge in [-0.25, -0.2) is 4.98 Å². The molecule has 2 N–H and O–H groups in total. The van der Waals surface area contributed by atoms with Crippen molar-refractivity contribution in [3.8, 4) is 0 Å². The first-order valence-electron chi connectivity index (χ1n) is 8.18. The smallest absolute Gasteiger partial charge is 0.191 e. The van der Waals surface area contributed by atoms with Gasteiger partial charge in [-0.15, -0.1) is 11.3 Å². The number of aromatic nitrogens is 1. The SMILES string of the molecule is CCNC(=NCC(C)(C)c1cccs1)NCCc1ccc(Cl)nc1. The van der Waals surface area contributed by atoms with Gasteiger partial charge in [-0.2, -0.15) is 0 Å². The fourth-order valence-electron chi connectivity index (χ4n) is 2.24. The van der Waals surface area contributed by atoms with Crippen molar-refractivity contribution in [3.63, 3.8) is 0 Å². The van der Waals surface area contributed by atoms with Crippen LogP contribution in [0.1, 0.15) is 31.2 Å². The molecule has 4 nitrogen and oxygen atoms in total. The molecular formula is C18H25ClN4S. The first kappa shape index (κ1) is 18.7. The van der Waals surface area contributed by atoms with Gasteiger partial charge < -0.3 is 10.6 Å². The maximum atomic E-state index is 5.81. The van der Waals surface area contributed by atoms with Gasteiger partial charge in [0.15, 0.2) is 5.96 Å². The van der Waals surface area contributed by atoms with Gasteiger partial charge in [-0.3, -0.25) is 4.99 Å². The minimum absolute atomic E-state index is 0.0383. The van der Waals surface area contributed by atoms with Gasteiger partial charge in [0.2, 0.25) is 0 Å². The van der Waals surface area contributed by atoms with Crippen LogP contribution in [0.2, 0.25) is 5.15 Å². The first-order valence-corrected chi connectivity index (χ1v) is 9.43. The molecule has 0 saturated heterocycles. The average Bonchev–Trinajstić information content (AvgIpc) is 3.10. The maximum Gasteiger partial charge on any atom is 0.191 e. The number of nitrogens with zero attached hydrogens (tertiary/aromatic N) is 2. The Kier molecular flexibility index (Phi) is 7.06. The second-order valence-electron chi connectivity index (χ2n) is 6.22. The Morgan fingerprint density at radius 2 is 2.12 bits per heavy atom. The van der Waals surface area contributed by atoms with Crippen LogP contribution in [-0.4, -0.2) is 30.6 Å². The largest absolute Gasteiger partial charge is 0.357 e. The molecule has 0 aliphatic carbocycles. The fourth-order valence-corrected chi connectivity index (χ4v) is 3.20. The van der Waals surface area contributed by atoms with E-state index in [9.17, 15) is 0 Å². The lowest BCUT2D eigenvalue weighted by molar-refractivity contribution is 0.548. The summed E-state index contributed by atoms with van der Waals surface area (Å²) < 4.78 is 0. The van der Waals surface area contributed by atoms with Crippen molar-refractivity contribution in [1.29, 1.82) is 0 Å². The molecule has 0 spiro atoms. The summed E-state index contributed by atoms with van der Waals surface area (Å²) in [5.41, 5.74) is 1.19. The predicted molar refractivity (Wildman–Crippen MR) is 104 cm³/mol. The van der Waals surface area contributed by atoms with E-state index < -0.39 is 0 Å². The molecule has 24 heavy (non-hydrogen) atoms. The van der Waals surface area contributed by atoms with E-state index in [-0.39, 0.29) is 5.41 Å². The zero-order valence-electron chi connectivity index (χ0n) is 14.5. The summed E-state index contributed by atoms with van der Waals surface area (Å²) in [6.07, 6.45) is 2.69. The van der Waals surface area contributed by atoms with E-state index in [2.05, 4.69) is 53.9 Å². The van der Waals surface area contributed by atoms with Gasteiger partial charge in [-0.1, -0.05) is 37.6 Å². The molecule has 2 rings (SSSR count). The summed E-state index contributed by atoms with van der Waals surface area (Å²) in [4.78, 5) is 10.2. The third-order valence-corrected chi connectivity index (χ3v) is 5.12. The van der Waals surface area contributed by atoms with Crippen LogP contribution in [0.5, 0.6) is 0 Å². The van der Waals surface area contributed by atoms with Crippen molar-refractivity contribution in [1.82, 2.24) is 15.6 Å². The van der Waals surface area contributed by atoms with Crippen molar-refractivity contribution in [2.45, 2.75) is 32.6 Å². The highest BCUT2D eigenvalue weighted by atomic mass is 35.5. The van der Waals surface area contributed by atoms with E-state index in [1.807, 2.05) is 18.3 Å². The van der Waals surface area contributed by atoms with Crippen LogP contribution in [0, 0.1) is 0 Å². The molecule has 0 bridgehead atoms. The lowest BCUT2D eigenvalue weighted by Gasteiger charge is -2.21. The Morgan fingerprint density at radius 1 is 1.29 bits per heavy atom. The van der Waals surface area contributed by atoms with Crippen LogP contribution >= 0.6 is 22.9 Å². The summed E-state index contributed by atoms with van der Waals surface area (Å²) in [7, 11) is 0. The van der Waals surface area contributed by atoms with Gasteiger partial charge in [0.05, 0.1) is 6.54 Å². The van der Waals surface area contributed by atoms with Crippen molar-refractivity contribution in [2.24, 2.45) is 4.99 Å².